The smallest absolute Gasteiger partial charge is 0.0643 e. The Morgan fingerprint density at radius 3 is 2.45 bits per heavy atom. The Kier molecular flexibility index (Phi) is 1.69. The van der Waals surface area contributed by atoms with E-state index in [-0.39, 0.29) is 0 Å². The third kappa shape index (κ3) is 1.42. The predicted molar refractivity (Wildman–Crippen MR) is 44.5 cm³/mol. The fourth-order valence-corrected chi connectivity index (χ4v) is 1.52. The van der Waals surface area contributed by atoms with Crippen LogP contribution < -0.4 is 5.32 Å². The lowest BCUT2D eigenvalue weighted by molar-refractivity contribution is -0.0125. The maximum Gasteiger partial charge on any atom is 0.0643 e. The molecule has 0 spiro atoms. The quantitative estimate of drug-likeness (QED) is 0.660. The van der Waals surface area contributed by atoms with Crippen LogP contribution in [0, 0.1) is 5.41 Å². The number of rotatable bonds is 3. The van der Waals surface area contributed by atoms with Crippen LogP contribution in [0.5, 0.6) is 0 Å². The summed E-state index contributed by atoms with van der Waals surface area (Å²) in [5, 5.41) is 3.59. The zero-order chi connectivity index (χ0) is 7.90. The molecule has 1 aliphatic carbocycles. The SMILES string of the molecule is CC(NC1COC1)C1(C)CC1. The molecule has 0 aromatic heterocycles. The molecular formula is C9H17NO. The monoisotopic (exact) mass is 155 g/mol. The first-order chi connectivity index (χ1) is 5.21. The summed E-state index contributed by atoms with van der Waals surface area (Å²) in [6.07, 6.45) is 2.80. The van der Waals surface area contributed by atoms with Crippen molar-refractivity contribution >= 4 is 0 Å². The van der Waals surface area contributed by atoms with Crippen molar-refractivity contribution in [1.29, 1.82) is 0 Å². The Morgan fingerprint density at radius 1 is 1.45 bits per heavy atom. The van der Waals surface area contributed by atoms with E-state index in [1.165, 1.54) is 12.8 Å². The summed E-state index contributed by atoms with van der Waals surface area (Å²) >= 11 is 0. The molecule has 1 saturated heterocycles. The number of hydrogen-bond acceptors (Lipinski definition) is 2. The summed E-state index contributed by atoms with van der Waals surface area (Å²) < 4.78 is 5.11. The second-order valence-corrected chi connectivity index (χ2v) is 4.28. The first-order valence-electron chi connectivity index (χ1n) is 4.54. The van der Waals surface area contributed by atoms with Gasteiger partial charge in [-0.3, -0.25) is 0 Å². The zero-order valence-corrected chi connectivity index (χ0v) is 7.39. The number of hydrogen-bond donors (Lipinski definition) is 1. The molecule has 2 heteroatoms. The van der Waals surface area contributed by atoms with Gasteiger partial charge in [-0.05, 0) is 25.2 Å². The molecule has 0 radical (unpaired) electrons. The van der Waals surface area contributed by atoms with Crippen molar-refractivity contribution in [2.75, 3.05) is 13.2 Å². The Morgan fingerprint density at radius 2 is 2.09 bits per heavy atom. The summed E-state index contributed by atoms with van der Waals surface area (Å²) in [6.45, 7) is 6.50. The Hall–Kier alpha value is -0.0800. The summed E-state index contributed by atoms with van der Waals surface area (Å²) in [7, 11) is 0. The van der Waals surface area contributed by atoms with E-state index < -0.39 is 0 Å². The van der Waals surface area contributed by atoms with Crippen LogP contribution >= 0.6 is 0 Å². The molecule has 11 heavy (non-hydrogen) atoms. The molecule has 2 rings (SSSR count). The van der Waals surface area contributed by atoms with Crippen molar-refractivity contribution in [2.24, 2.45) is 5.41 Å². The highest BCUT2D eigenvalue weighted by Gasteiger charge is 2.43. The van der Waals surface area contributed by atoms with Crippen LogP contribution in [0.15, 0.2) is 0 Å². The molecule has 0 aromatic rings. The van der Waals surface area contributed by atoms with Gasteiger partial charge in [0.1, 0.15) is 0 Å². The van der Waals surface area contributed by atoms with E-state index in [4.69, 9.17) is 4.74 Å². The molecule has 0 bridgehead atoms. The molecule has 2 aliphatic rings. The highest BCUT2D eigenvalue weighted by atomic mass is 16.5. The minimum atomic E-state index is 0.607. The van der Waals surface area contributed by atoms with Crippen LogP contribution in [-0.2, 0) is 4.74 Å². The fourth-order valence-electron chi connectivity index (χ4n) is 1.52. The van der Waals surface area contributed by atoms with E-state index in [2.05, 4.69) is 19.2 Å². The highest BCUT2D eigenvalue weighted by molar-refractivity contribution is 4.98. The van der Waals surface area contributed by atoms with E-state index in [0.717, 1.165) is 13.2 Å². The third-order valence-corrected chi connectivity index (χ3v) is 3.21. The third-order valence-electron chi connectivity index (χ3n) is 3.21. The molecule has 1 aliphatic heterocycles. The topological polar surface area (TPSA) is 21.3 Å². The fraction of sp³-hybridized carbons (Fsp3) is 1.00. The molecule has 1 unspecified atom stereocenters. The van der Waals surface area contributed by atoms with E-state index in [9.17, 15) is 0 Å². The van der Waals surface area contributed by atoms with Gasteiger partial charge in [0.05, 0.1) is 19.3 Å². The minimum absolute atomic E-state index is 0.607. The second-order valence-electron chi connectivity index (χ2n) is 4.28. The van der Waals surface area contributed by atoms with Gasteiger partial charge >= 0.3 is 0 Å². The maximum absolute atomic E-state index is 5.11. The van der Waals surface area contributed by atoms with Crippen LogP contribution in [-0.4, -0.2) is 25.3 Å². The van der Waals surface area contributed by atoms with Crippen molar-refractivity contribution < 1.29 is 4.74 Å². The van der Waals surface area contributed by atoms with Crippen molar-refractivity contribution in [3.63, 3.8) is 0 Å². The van der Waals surface area contributed by atoms with Gasteiger partial charge in [0.25, 0.3) is 0 Å². The van der Waals surface area contributed by atoms with Crippen molar-refractivity contribution in [3.8, 4) is 0 Å². The molecule has 0 amide bonds. The van der Waals surface area contributed by atoms with Crippen LogP contribution in [0.3, 0.4) is 0 Å². The molecule has 64 valence electrons. The number of nitrogens with one attached hydrogen (secondary N) is 1. The van der Waals surface area contributed by atoms with Crippen LogP contribution in [0.4, 0.5) is 0 Å². The molecule has 1 heterocycles. The van der Waals surface area contributed by atoms with Gasteiger partial charge < -0.3 is 10.1 Å². The van der Waals surface area contributed by atoms with Gasteiger partial charge in [-0.2, -0.15) is 0 Å². The van der Waals surface area contributed by atoms with Gasteiger partial charge in [0.2, 0.25) is 0 Å². The molecular weight excluding hydrogens is 138 g/mol. The van der Waals surface area contributed by atoms with Crippen molar-refractivity contribution in [2.45, 2.75) is 38.8 Å². The standard InChI is InChI=1S/C9H17NO/c1-7(9(2)3-4-9)10-8-5-11-6-8/h7-8,10H,3-6H2,1-2H3. The molecule has 1 atom stereocenters. The average molecular weight is 155 g/mol. The Bertz CT molecular complexity index is 150. The van der Waals surface area contributed by atoms with E-state index in [1.807, 2.05) is 0 Å². The minimum Gasteiger partial charge on any atom is -0.378 e. The Balaban J connectivity index is 1.76. The maximum atomic E-state index is 5.11. The predicted octanol–water partition coefficient (Wildman–Crippen LogP) is 1.16. The largest absolute Gasteiger partial charge is 0.378 e. The summed E-state index contributed by atoms with van der Waals surface area (Å²) in [4.78, 5) is 0. The lowest BCUT2D eigenvalue weighted by Crippen LogP contribution is -2.51. The van der Waals surface area contributed by atoms with Crippen LogP contribution in [0.1, 0.15) is 26.7 Å². The van der Waals surface area contributed by atoms with Gasteiger partial charge in [-0.25, -0.2) is 0 Å². The average Bonchev–Trinajstić information content (AvgIpc) is 2.59. The van der Waals surface area contributed by atoms with Gasteiger partial charge in [0.15, 0.2) is 0 Å². The first-order valence-corrected chi connectivity index (χ1v) is 4.54. The van der Waals surface area contributed by atoms with Gasteiger partial charge in [-0.1, -0.05) is 6.92 Å². The molecule has 1 N–H and O–H groups in total. The lowest BCUT2D eigenvalue weighted by Gasteiger charge is -2.32. The zero-order valence-electron chi connectivity index (χ0n) is 7.39. The summed E-state index contributed by atoms with van der Waals surface area (Å²) in [5.41, 5.74) is 0.607. The number of ether oxygens (including phenoxy) is 1. The summed E-state index contributed by atoms with van der Waals surface area (Å²) in [6, 6.07) is 1.32. The Labute approximate surface area is 68.3 Å². The lowest BCUT2D eigenvalue weighted by atomic mass is 10.00. The molecule has 2 fully saturated rings. The molecule has 0 aromatic carbocycles. The highest BCUT2D eigenvalue weighted by Crippen LogP contribution is 2.48. The van der Waals surface area contributed by atoms with Crippen molar-refractivity contribution in [3.05, 3.63) is 0 Å². The summed E-state index contributed by atoms with van der Waals surface area (Å²) in [5.74, 6) is 0. The van der Waals surface area contributed by atoms with E-state index in [0.29, 0.717) is 17.5 Å². The molecule has 1 saturated carbocycles. The van der Waals surface area contributed by atoms with Gasteiger partial charge in [0, 0.05) is 6.04 Å². The van der Waals surface area contributed by atoms with Crippen LogP contribution in [0.25, 0.3) is 0 Å². The van der Waals surface area contributed by atoms with E-state index in [1.54, 1.807) is 0 Å². The van der Waals surface area contributed by atoms with E-state index >= 15 is 0 Å². The van der Waals surface area contributed by atoms with Gasteiger partial charge in [-0.15, -0.1) is 0 Å². The van der Waals surface area contributed by atoms with Crippen molar-refractivity contribution in [1.82, 2.24) is 5.32 Å². The second kappa shape index (κ2) is 2.46. The first kappa shape index (κ1) is 7.56. The van der Waals surface area contributed by atoms with Crippen LogP contribution in [0.2, 0.25) is 0 Å². The molecule has 2 nitrogen and oxygen atoms in total. The normalized spacial score (nSPS) is 31.1.